The van der Waals surface area contributed by atoms with Crippen molar-refractivity contribution in [1.82, 2.24) is 0 Å². The summed E-state index contributed by atoms with van der Waals surface area (Å²) in [5.41, 5.74) is 2.14. The van der Waals surface area contributed by atoms with E-state index in [-0.39, 0.29) is 10.8 Å². The van der Waals surface area contributed by atoms with Crippen LogP contribution >= 0.6 is 23.2 Å². The number of sulfonamides is 1. The number of rotatable bonds is 5. The van der Waals surface area contributed by atoms with Gasteiger partial charge in [-0.15, -0.1) is 0 Å². The summed E-state index contributed by atoms with van der Waals surface area (Å²) in [6.45, 7) is 1.83. The summed E-state index contributed by atoms with van der Waals surface area (Å²) >= 11 is 11.8. The van der Waals surface area contributed by atoms with Crippen molar-refractivity contribution in [1.29, 1.82) is 0 Å². The number of amides is 1. The van der Waals surface area contributed by atoms with E-state index in [2.05, 4.69) is 10.0 Å². The van der Waals surface area contributed by atoms with Crippen molar-refractivity contribution in [2.45, 2.75) is 11.8 Å². The number of halogens is 2. The van der Waals surface area contributed by atoms with Crippen LogP contribution in [0.25, 0.3) is 0 Å². The average molecular weight is 435 g/mol. The van der Waals surface area contributed by atoms with Crippen molar-refractivity contribution < 1.29 is 13.2 Å². The highest BCUT2D eigenvalue weighted by atomic mass is 35.5. The predicted molar refractivity (Wildman–Crippen MR) is 113 cm³/mol. The summed E-state index contributed by atoms with van der Waals surface area (Å²) in [4.78, 5) is 12.3. The first-order chi connectivity index (χ1) is 13.2. The zero-order valence-electron chi connectivity index (χ0n) is 14.7. The molecule has 144 valence electrons. The minimum absolute atomic E-state index is 0.0636. The highest BCUT2D eigenvalue weighted by Gasteiger charge is 2.15. The standard InChI is InChI=1S/C20H16Cl2N2O3S/c1-13-2-7-17(12-19(13)22)24-28(26,27)18-10-8-16(9-11-18)23-20(25)14-3-5-15(21)6-4-14/h2-12,24H,1H3,(H,23,25). The summed E-state index contributed by atoms with van der Waals surface area (Å²) < 4.78 is 27.5. The molecule has 0 aliphatic carbocycles. The Morgan fingerprint density at radius 1 is 0.857 bits per heavy atom. The zero-order valence-corrected chi connectivity index (χ0v) is 17.1. The van der Waals surface area contributed by atoms with E-state index in [9.17, 15) is 13.2 Å². The van der Waals surface area contributed by atoms with Crippen LogP contribution in [0.2, 0.25) is 10.0 Å². The van der Waals surface area contributed by atoms with Crippen LogP contribution in [0.1, 0.15) is 15.9 Å². The minimum atomic E-state index is -3.78. The van der Waals surface area contributed by atoms with E-state index in [4.69, 9.17) is 23.2 Å². The number of aryl methyl sites for hydroxylation is 1. The highest BCUT2D eigenvalue weighted by Crippen LogP contribution is 2.23. The molecule has 1 amide bonds. The van der Waals surface area contributed by atoms with E-state index >= 15 is 0 Å². The Morgan fingerprint density at radius 3 is 2.07 bits per heavy atom. The number of carbonyl (C=O) groups is 1. The van der Waals surface area contributed by atoms with Gasteiger partial charge in [0, 0.05) is 21.3 Å². The lowest BCUT2D eigenvalue weighted by Gasteiger charge is -2.10. The number of benzene rings is 3. The van der Waals surface area contributed by atoms with Gasteiger partial charge >= 0.3 is 0 Å². The molecule has 8 heteroatoms. The van der Waals surface area contributed by atoms with Crippen LogP contribution < -0.4 is 10.0 Å². The van der Waals surface area contributed by atoms with Crippen molar-refractivity contribution in [2.24, 2.45) is 0 Å². The molecule has 3 aromatic rings. The Morgan fingerprint density at radius 2 is 1.46 bits per heavy atom. The molecule has 0 radical (unpaired) electrons. The van der Waals surface area contributed by atoms with Gasteiger partial charge in [-0.25, -0.2) is 8.42 Å². The normalized spacial score (nSPS) is 11.1. The fourth-order valence-corrected chi connectivity index (χ4v) is 3.75. The molecule has 0 atom stereocenters. The van der Waals surface area contributed by atoms with Crippen LogP contribution in [-0.2, 0) is 10.0 Å². The van der Waals surface area contributed by atoms with Crippen LogP contribution in [-0.4, -0.2) is 14.3 Å². The molecule has 0 spiro atoms. The first-order valence-electron chi connectivity index (χ1n) is 8.20. The van der Waals surface area contributed by atoms with Gasteiger partial charge in [0.15, 0.2) is 0 Å². The predicted octanol–water partition coefficient (Wildman–Crippen LogP) is 5.35. The summed E-state index contributed by atoms with van der Waals surface area (Å²) in [6, 6.07) is 17.2. The molecule has 3 rings (SSSR count). The first-order valence-corrected chi connectivity index (χ1v) is 10.4. The van der Waals surface area contributed by atoms with E-state index in [1.165, 1.54) is 24.3 Å². The molecule has 3 aromatic carbocycles. The molecule has 0 aromatic heterocycles. The zero-order chi connectivity index (χ0) is 20.3. The Kier molecular flexibility index (Phi) is 5.93. The molecule has 0 saturated carbocycles. The second kappa shape index (κ2) is 8.22. The Balaban J connectivity index is 1.72. The molecule has 0 saturated heterocycles. The molecule has 0 fully saturated rings. The molecule has 0 heterocycles. The van der Waals surface area contributed by atoms with Gasteiger partial charge in [0.2, 0.25) is 0 Å². The maximum absolute atomic E-state index is 12.5. The maximum atomic E-state index is 12.5. The van der Waals surface area contributed by atoms with Crippen molar-refractivity contribution in [3.05, 3.63) is 87.9 Å². The largest absolute Gasteiger partial charge is 0.322 e. The van der Waals surface area contributed by atoms with E-state index < -0.39 is 10.0 Å². The quantitative estimate of drug-likeness (QED) is 0.567. The van der Waals surface area contributed by atoms with E-state index in [1.54, 1.807) is 42.5 Å². The molecule has 2 N–H and O–H groups in total. The first kappa shape index (κ1) is 20.2. The number of anilines is 2. The lowest BCUT2D eigenvalue weighted by Crippen LogP contribution is -2.14. The fourth-order valence-electron chi connectivity index (χ4n) is 2.39. The monoisotopic (exact) mass is 434 g/mol. The SMILES string of the molecule is Cc1ccc(NS(=O)(=O)c2ccc(NC(=O)c3ccc(Cl)cc3)cc2)cc1Cl. The maximum Gasteiger partial charge on any atom is 0.261 e. The minimum Gasteiger partial charge on any atom is -0.322 e. The van der Waals surface area contributed by atoms with Gasteiger partial charge in [-0.3, -0.25) is 9.52 Å². The van der Waals surface area contributed by atoms with Crippen LogP contribution in [0.5, 0.6) is 0 Å². The van der Waals surface area contributed by atoms with E-state index in [1.807, 2.05) is 6.92 Å². The third-order valence-corrected chi connectivity index (χ3v) is 6.01. The van der Waals surface area contributed by atoms with Gasteiger partial charge in [-0.05, 0) is 73.2 Å². The van der Waals surface area contributed by atoms with Gasteiger partial charge in [-0.2, -0.15) is 0 Å². The number of hydrogen-bond acceptors (Lipinski definition) is 3. The van der Waals surface area contributed by atoms with Crippen LogP contribution in [0.15, 0.2) is 71.6 Å². The molecular formula is C20H16Cl2N2O3S. The van der Waals surface area contributed by atoms with Gasteiger partial charge in [0.05, 0.1) is 10.6 Å². The molecule has 0 bridgehead atoms. The van der Waals surface area contributed by atoms with Crippen molar-refractivity contribution in [2.75, 3.05) is 10.0 Å². The van der Waals surface area contributed by atoms with Crippen LogP contribution in [0.4, 0.5) is 11.4 Å². The molecule has 5 nitrogen and oxygen atoms in total. The molecule has 28 heavy (non-hydrogen) atoms. The van der Waals surface area contributed by atoms with Crippen molar-refractivity contribution >= 4 is 50.5 Å². The van der Waals surface area contributed by atoms with Crippen molar-refractivity contribution in [3.63, 3.8) is 0 Å². The average Bonchev–Trinajstić information content (AvgIpc) is 2.65. The Labute approximate surface area is 173 Å². The molecule has 0 aliphatic rings. The van der Waals surface area contributed by atoms with Crippen LogP contribution in [0.3, 0.4) is 0 Å². The second-order valence-electron chi connectivity index (χ2n) is 6.05. The van der Waals surface area contributed by atoms with E-state index in [0.29, 0.717) is 27.0 Å². The number of carbonyl (C=O) groups excluding carboxylic acids is 1. The van der Waals surface area contributed by atoms with Gasteiger partial charge < -0.3 is 5.32 Å². The topological polar surface area (TPSA) is 75.3 Å². The Hall–Kier alpha value is -2.54. The lowest BCUT2D eigenvalue weighted by molar-refractivity contribution is 0.102. The second-order valence-corrected chi connectivity index (χ2v) is 8.58. The summed E-state index contributed by atoms with van der Waals surface area (Å²) in [7, 11) is -3.78. The van der Waals surface area contributed by atoms with Gasteiger partial charge in [0.1, 0.15) is 0 Å². The smallest absolute Gasteiger partial charge is 0.261 e. The highest BCUT2D eigenvalue weighted by molar-refractivity contribution is 7.92. The van der Waals surface area contributed by atoms with Crippen LogP contribution in [0, 0.1) is 6.92 Å². The third kappa shape index (κ3) is 4.84. The molecule has 0 unspecified atom stereocenters. The Bertz CT molecular complexity index is 1110. The summed E-state index contributed by atoms with van der Waals surface area (Å²) in [5, 5.41) is 3.71. The number of hydrogen-bond donors (Lipinski definition) is 2. The van der Waals surface area contributed by atoms with Gasteiger partial charge in [0.25, 0.3) is 15.9 Å². The summed E-state index contributed by atoms with van der Waals surface area (Å²) in [5.74, 6) is -0.320. The lowest BCUT2D eigenvalue weighted by atomic mass is 10.2. The molecular weight excluding hydrogens is 419 g/mol. The molecule has 0 aliphatic heterocycles. The van der Waals surface area contributed by atoms with Crippen molar-refractivity contribution in [3.8, 4) is 0 Å². The van der Waals surface area contributed by atoms with Gasteiger partial charge in [-0.1, -0.05) is 29.3 Å². The fraction of sp³-hybridized carbons (Fsp3) is 0.0500. The third-order valence-electron chi connectivity index (χ3n) is 3.95. The van der Waals surface area contributed by atoms with E-state index in [0.717, 1.165) is 5.56 Å². The summed E-state index contributed by atoms with van der Waals surface area (Å²) in [6.07, 6.45) is 0. The number of nitrogens with one attached hydrogen (secondary N) is 2.